The highest BCUT2D eigenvalue weighted by Gasteiger charge is 2.35. The molecule has 1 aromatic carbocycles. The lowest BCUT2D eigenvalue weighted by molar-refractivity contribution is -0.138. The minimum Gasteiger partial charge on any atom is -0.329 e. The van der Waals surface area contributed by atoms with Gasteiger partial charge in [-0.3, -0.25) is 0 Å². The maximum atomic E-state index is 13.1. The first kappa shape index (κ1) is 15.9. The summed E-state index contributed by atoms with van der Waals surface area (Å²) in [5.74, 6) is -0.917. The molecule has 0 spiro atoms. The van der Waals surface area contributed by atoms with Gasteiger partial charge in [-0.05, 0) is 29.1 Å². The lowest BCUT2D eigenvalue weighted by Gasteiger charge is -2.21. The summed E-state index contributed by atoms with van der Waals surface area (Å²) < 4.78 is 52.1. The highest BCUT2D eigenvalue weighted by Crippen LogP contribution is 2.35. The summed E-state index contributed by atoms with van der Waals surface area (Å²) in [6, 6.07) is 5.70. The molecule has 0 saturated heterocycles. The molecule has 0 aliphatic rings. The number of hydrogen-bond donors (Lipinski definition) is 2. The molecule has 114 valence electrons. The maximum Gasteiger partial charge on any atom is 0.416 e. The molecule has 0 radical (unpaired) electrons. The molecule has 3 N–H and O–H groups in total. The molecule has 0 saturated carbocycles. The van der Waals surface area contributed by atoms with E-state index in [4.69, 9.17) is 5.73 Å². The molecular weight excluding hydrogens is 304 g/mol. The van der Waals surface area contributed by atoms with E-state index in [1.54, 1.807) is 0 Å². The van der Waals surface area contributed by atoms with Gasteiger partial charge < -0.3 is 11.1 Å². The molecule has 2 aromatic rings. The minimum atomic E-state index is -4.62. The number of alkyl halides is 3. The van der Waals surface area contributed by atoms with E-state index < -0.39 is 23.6 Å². The normalized spacial score (nSPS) is 13.4. The van der Waals surface area contributed by atoms with E-state index in [0.29, 0.717) is 12.6 Å². The van der Waals surface area contributed by atoms with Crippen molar-refractivity contribution < 1.29 is 17.6 Å². The van der Waals surface area contributed by atoms with Crippen LogP contribution >= 0.6 is 11.3 Å². The van der Waals surface area contributed by atoms with Crippen LogP contribution in [0.3, 0.4) is 0 Å². The van der Waals surface area contributed by atoms with Gasteiger partial charge in [-0.1, -0.05) is 12.1 Å². The van der Waals surface area contributed by atoms with Crippen LogP contribution in [0.25, 0.3) is 0 Å². The van der Waals surface area contributed by atoms with Crippen LogP contribution in [0.15, 0.2) is 35.7 Å². The molecule has 0 amide bonds. The molecule has 1 unspecified atom stereocenters. The van der Waals surface area contributed by atoms with Gasteiger partial charge in [0.25, 0.3) is 0 Å². The summed E-state index contributed by atoms with van der Waals surface area (Å²) in [7, 11) is 0. The minimum absolute atomic E-state index is 0.0138. The Labute approximate surface area is 123 Å². The van der Waals surface area contributed by atoms with Crippen LogP contribution in [0.2, 0.25) is 0 Å². The summed E-state index contributed by atoms with van der Waals surface area (Å²) in [5, 5.41) is 4.87. The predicted molar refractivity (Wildman–Crippen MR) is 74.4 cm³/mol. The van der Waals surface area contributed by atoms with Crippen molar-refractivity contribution in [1.82, 2.24) is 5.32 Å². The monoisotopic (exact) mass is 318 g/mol. The van der Waals surface area contributed by atoms with E-state index in [1.165, 1.54) is 11.3 Å². The van der Waals surface area contributed by atoms with Crippen molar-refractivity contribution in [3.8, 4) is 0 Å². The van der Waals surface area contributed by atoms with Crippen LogP contribution < -0.4 is 11.1 Å². The molecule has 1 aromatic heterocycles. The molecule has 0 fully saturated rings. The third kappa shape index (κ3) is 4.03. The number of rotatable bonds is 5. The van der Waals surface area contributed by atoms with Crippen LogP contribution in [0.1, 0.15) is 22.0 Å². The summed E-state index contributed by atoms with van der Waals surface area (Å²) in [6.07, 6.45) is -4.62. The number of halogens is 4. The summed E-state index contributed by atoms with van der Waals surface area (Å²) >= 11 is 1.50. The Morgan fingerprint density at radius 3 is 2.57 bits per heavy atom. The highest BCUT2D eigenvalue weighted by molar-refractivity contribution is 7.09. The van der Waals surface area contributed by atoms with Gasteiger partial charge in [0.2, 0.25) is 0 Å². The van der Waals surface area contributed by atoms with E-state index >= 15 is 0 Å². The second-order valence-electron chi connectivity index (χ2n) is 4.48. The Balaban J connectivity index is 2.25. The quantitative estimate of drug-likeness (QED) is 0.825. The SMILES string of the molecule is NCC(NCc1cccs1)c1ccc(F)cc1C(F)(F)F. The largest absolute Gasteiger partial charge is 0.416 e. The van der Waals surface area contributed by atoms with E-state index in [-0.39, 0.29) is 12.1 Å². The fourth-order valence-corrected chi connectivity index (χ4v) is 2.69. The van der Waals surface area contributed by atoms with Gasteiger partial charge in [0.05, 0.1) is 5.56 Å². The molecule has 1 heterocycles. The third-order valence-corrected chi connectivity index (χ3v) is 3.91. The smallest absolute Gasteiger partial charge is 0.329 e. The molecule has 0 aliphatic heterocycles. The van der Waals surface area contributed by atoms with E-state index in [2.05, 4.69) is 5.32 Å². The Hall–Kier alpha value is -1.44. The average Bonchev–Trinajstić information content (AvgIpc) is 2.93. The van der Waals surface area contributed by atoms with Crippen molar-refractivity contribution in [3.63, 3.8) is 0 Å². The Kier molecular flexibility index (Phi) is 4.97. The summed E-state index contributed by atoms with van der Waals surface area (Å²) in [6.45, 7) is 0.397. The highest BCUT2D eigenvalue weighted by atomic mass is 32.1. The number of benzene rings is 1. The summed E-state index contributed by atoms with van der Waals surface area (Å²) in [4.78, 5) is 0.990. The van der Waals surface area contributed by atoms with Crippen LogP contribution in [-0.4, -0.2) is 6.54 Å². The van der Waals surface area contributed by atoms with Crippen molar-refractivity contribution >= 4 is 11.3 Å². The first-order chi connectivity index (χ1) is 9.91. The Bertz CT molecular complexity index is 581. The number of thiophene rings is 1. The van der Waals surface area contributed by atoms with Gasteiger partial charge >= 0.3 is 6.18 Å². The Morgan fingerprint density at radius 1 is 1.24 bits per heavy atom. The topological polar surface area (TPSA) is 38.0 Å². The lowest BCUT2D eigenvalue weighted by atomic mass is 9.99. The summed E-state index contributed by atoms with van der Waals surface area (Å²) in [5.41, 5.74) is 4.55. The molecule has 1 atom stereocenters. The van der Waals surface area contributed by atoms with Gasteiger partial charge in [0.1, 0.15) is 5.82 Å². The predicted octanol–water partition coefficient (Wildman–Crippen LogP) is 3.70. The van der Waals surface area contributed by atoms with E-state index in [1.807, 2.05) is 17.5 Å². The lowest BCUT2D eigenvalue weighted by Crippen LogP contribution is -2.29. The fraction of sp³-hybridized carbons (Fsp3) is 0.286. The van der Waals surface area contributed by atoms with Gasteiger partial charge in [0, 0.05) is 24.0 Å². The molecule has 21 heavy (non-hydrogen) atoms. The van der Waals surface area contributed by atoms with E-state index in [9.17, 15) is 17.6 Å². The van der Waals surface area contributed by atoms with Crippen LogP contribution in [0.4, 0.5) is 17.6 Å². The maximum absolute atomic E-state index is 13.1. The fourth-order valence-electron chi connectivity index (χ4n) is 2.04. The first-order valence-corrected chi connectivity index (χ1v) is 7.12. The second kappa shape index (κ2) is 6.55. The molecule has 0 aliphatic carbocycles. The van der Waals surface area contributed by atoms with Gasteiger partial charge in [-0.2, -0.15) is 13.2 Å². The van der Waals surface area contributed by atoms with Crippen LogP contribution in [0.5, 0.6) is 0 Å². The van der Waals surface area contributed by atoms with Crippen molar-refractivity contribution in [3.05, 3.63) is 57.5 Å². The first-order valence-electron chi connectivity index (χ1n) is 6.24. The molecule has 7 heteroatoms. The van der Waals surface area contributed by atoms with Crippen LogP contribution in [-0.2, 0) is 12.7 Å². The van der Waals surface area contributed by atoms with Gasteiger partial charge in [-0.15, -0.1) is 11.3 Å². The number of nitrogens with one attached hydrogen (secondary N) is 1. The average molecular weight is 318 g/mol. The Morgan fingerprint density at radius 2 is 2.00 bits per heavy atom. The zero-order valence-corrected chi connectivity index (χ0v) is 11.8. The van der Waals surface area contributed by atoms with Crippen molar-refractivity contribution in [2.75, 3.05) is 6.54 Å². The molecule has 2 nitrogen and oxygen atoms in total. The zero-order chi connectivity index (χ0) is 15.5. The van der Waals surface area contributed by atoms with Crippen LogP contribution in [0, 0.1) is 5.82 Å². The second-order valence-corrected chi connectivity index (χ2v) is 5.51. The molecule has 2 rings (SSSR count). The van der Waals surface area contributed by atoms with E-state index in [0.717, 1.165) is 17.0 Å². The van der Waals surface area contributed by atoms with Crippen molar-refractivity contribution in [1.29, 1.82) is 0 Å². The third-order valence-electron chi connectivity index (χ3n) is 3.03. The van der Waals surface area contributed by atoms with Gasteiger partial charge in [-0.25, -0.2) is 4.39 Å². The van der Waals surface area contributed by atoms with Gasteiger partial charge in [0.15, 0.2) is 0 Å². The molecular formula is C14H14F4N2S. The van der Waals surface area contributed by atoms with Crippen molar-refractivity contribution in [2.24, 2.45) is 5.73 Å². The standard InChI is InChI=1S/C14H14F4N2S/c15-9-3-4-11(12(6-9)14(16,17)18)13(7-19)20-8-10-2-1-5-21-10/h1-6,13,20H,7-8,19H2. The number of hydrogen-bond acceptors (Lipinski definition) is 3. The van der Waals surface area contributed by atoms with Crippen molar-refractivity contribution in [2.45, 2.75) is 18.8 Å². The molecule has 0 bridgehead atoms. The number of nitrogens with two attached hydrogens (primary N) is 1. The zero-order valence-electron chi connectivity index (χ0n) is 11.0.